The van der Waals surface area contributed by atoms with Gasteiger partial charge in [-0.1, -0.05) is 0 Å². The fourth-order valence-corrected chi connectivity index (χ4v) is 1.74. The molecule has 1 saturated heterocycles. The van der Waals surface area contributed by atoms with E-state index in [1.54, 1.807) is 12.1 Å². The van der Waals surface area contributed by atoms with Crippen LogP contribution in [0.3, 0.4) is 0 Å². The summed E-state index contributed by atoms with van der Waals surface area (Å²) in [4.78, 5) is 19.3. The second-order valence-corrected chi connectivity index (χ2v) is 4.00. The van der Waals surface area contributed by atoms with Gasteiger partial charge in [0.05, 0.1) is 5.56 Å². The maximum absolute atomic E-state index is 10.7. The molecule has 1 aliphatic rings. The van der Waals surface area contributed by atoms with E-state index in [1.165, 1.54) is 6.20 Å². The molecular weight excluding hydrogens is 206 g/mol. The van der Waals surface area contributed by atoms with E-state index in [4.69, 9.17) is 5.11 Å². The fourth-order valence-electron chi connectivity index (χ4n) is 1.74. The van der Waals surface area contributed by atoms with E-state index in [9.17, 15) is 4.79 Å². The van der Waals surface area contributed by atoms with Crippen LogP contribution in [0.15, 0.2) is 18.3 Å². The van der Waals surface area contributed by atoms with Crippen LogP contribution >= 0.6 is 0 Å². The van der Waals surface area contributed by atoms with Gasteiger partial charge in [-0.25, -0.2) is 9.78 Å². The Morgan fingerprint density at radius 2 is 2.00 bits per heavy atom. The first-order valence-corrected chi connectivity index (χ1v) is 5.29. The summed E-state index contributed by atoms with van der Waals surface area (Å²) in [5.41, 5.74) is 0.234. The third kappa shape index (κ3) is 2.30. The largest absolute Gasteiger partial charge is 0.478 e. The van der Waals surface area contributed by atoms with Crippen molar-refractivity contribution in [1.29, 1.82) is 0 Å². The third-order valence-electron chi connectivity index (χ3n) is 2.82. The average Bonchev–Trinajstić information content (AvgIpc) is 2.30. The number of carboxylic acid groups (broad SMARTS) is 1. The number of hydrogen-bond donors (Lipinski definition) is 1. The lowest BCUT2D eigenvalue weighted by molar-refractivity contribution is 0.0696. The smallest absolute Gasteiger partial charge is 0.337 e. The zero-order valence-corrected chi connectivity index (χ0v) is 9.26. The quantitative estimate of drug-likeness (QED) is 0.789. The lowest BCUT2D eigenvalue weighted by Crippen LogP contribution is -2.44. The third-order valence-corrected chi connectivity index (χ3v) is 2.82. The van der Waals surface area contributed by atoms with Gasteiger partial charge in [-0.3, -0.25) is 0 Å². The van der Waals surface area contributed by atoms with Crippen molar-refractivity contribution in [1.82, 2.24) is 9.88 Å². The topological polar surface area (TPSA) is 56.7 Å². The van der Waals surface area contributed by atoms with E-state index < -0.39 is 5.97 Å². The molecule has 0 unspecified atom stereocenters. The molecule has 0 bridgehead atoms. The van der Waals surface area contributed by atoms with Crippen LogP contribution in [0.4, 0.5) is 5.82 Å². The van der Waals surface area contributed by atoms with Gasteiger partial charge in [-0.15, -0.1) is 0 Å². The summed E-state index contributed by atoms with van der Waals surface area (Å²) >= 11 is 0. The van der Waals surface area contributed by atoms with Crippen LogP contribution in [0, 0.1) is 0 Å². The van der Waals surface area contributed by atoms with Crippen LogP contribution in [0.1, 0.15) is 10.4 Å². The molecule has 1 aromatic rings. The lowest BCUT2D eigenvalue weighted by Gasteiger charge is -2.33. The van der Waals surface area contributed by atoms with Gasteiger partial charge in [-0.05, 0) is 19.2 Å². The summed E-state index contributed by atoms with van der Waals surface area (Å²) in [6, 6.07) is 3.37. The first kappa shape index (κ1) is 10.9. The lowest BCUT2D eigenvalue weighted by atomic mass is 10.2. The minimum Gasteiger partial charge on any atom is -0.478 e. The first-order valence-electron chi connectivity index (χ1n) is 5.29. The number of anilines is 1. The molecule has 0 aromatic carbocycles. The number of pyridine rings is 1. The summed E-state index contributed by atoms with van der Waals surface area (Å²) in [5, 5.41) is 8.76. The Balaban J connectivity index is 2.07. The Morgan fingerprint density at radius 3 is 2.50 bits per heavy atom. The van der Waals surface area contributed by atoms with Gasteiger partial charge in [0.2, 0.25) is 0 Å². The number of likely N-dealkylation sites (N-methyl/N-ethyl adjacent to an activating group) is 1. The van der Waals surface area contributed by atoms with E-state index in [-0.39, 0.29) is 5.56 Å². The van der Waals surface area contributed by atoms with Crippen molar-refractivity contribution in [3.05, 3.63) is 23.9 Å². The molecule has 1 fully saturated rings. The van der Waals surface area contributed by atoms with Crippen LogP contribution in [0.25, 0.3) is 0 Å². The summed E-state index contributed by atoms with van der Waals surface area (Å²) in [5.74, 6) is -0.0736. The number of aromatic carboxylic acids is 1. The first-order chi connectivity index (χ1) is 7.66. The minimum atomic E-state index is -0.933. The van der Waals surface area contributed by atoms with Crippen molar-refractivity contribution in [2.45, 2.75) is 0 Å². The fraction of sp³-hybridized carbons (Fsp3) is 0.455. The number of nitrogens with zero attached hydrogens (tertiary/aromatic N) is 3. The Bertz CT molecular complexity index is 369. The van der Waals surface area contributed by atoms with Crippen molar-refractivity contribution in [2.75, 3.05) is 38.1 Å². The zero-order chi connectivity index (χ0) is 11.5. The molecule has 2 heterocycles. The second kappa shape index (κ2) is 4.49. The van der Waals surface area contributed by atoms with Crippen LogP contribution in [0.5, 0.6) is 0 Å². The number of hydrogen-bond acceptors (Lipinski definition) is 4. The highest BCUT2D eigenvalue weighted by atomic mass is 16.4. The molecule has 0 aliphatic carbocycles. The predicted octanol–water partition coefficient (Wildman–Crippen LogP) is 0.532. The molecule has 2 rings (SSSR count). The molecule has 1 N–H and O–H groups in total. The van der Waals surface area contributed by atoms with E-state index in [0.29, 0.717) is 0 Å². The number of carbonyl (C=O) groups is 1. The molecule has 1 aliphatic heterocycles. The van der Waals surface area contributed by atoms with Crippen LogP contribution < -0.4 is 4.90 Å². The summed E-state index contributed by atoms with van der Waals surface area (Å²) < 4.78 is 0. The SMILES string of the molecule is CN1CCN(c2ccc(C(=O)O)cn2)CC1. The highest BCUT2D eigenvalue weighted by Crippen LogP contribution is 2.13. The standard InChI is InChI=1S/C11H15N3O2/c1-13-4-6-14(7-5-13)10-3-2-9(8-12-10)11(15)16/h2-3,8H,4-7H2,1H3,(H,15,16). The predicted molar refractivity (Wildman–Crippen MR) is 60.9 cm³/mol. The number of piperazine rings is 1. The van der Waals surface area contributed by atoms with Gasteiger partial charge in [0.25, 0.3) is 0 Å². The molecule has 5 heteroatoms. The molecule has 5 nitrogen and oxygen atoms in total. The second-order valence-electron chi connectivity index (χ2n) is 4.00. The molecule has 1 aromatic heterocycles. The normalized spacial score (nSPS) is 17.4. The highest BCUT2D eigenvalue weighted by molar-refractivity contribution is 5.87. The van der Waals surface area contributed by atoms with E-state index >= 15 is 0 Å². The van der Waals surface area contributed by atoms with Crippen LogP contribution in [-0.2, 0) is 0 Å². The van der Waals surface area contributed by atoms with Crippen LogP contribution in [0.2, 0.25) is 0 Å². The van der Waals surface area contributed by atoms with E-state index in [2.05, 4.69) is 21.8 Å². The van der Waals surface area contributed by atoms with Crippen molar-refractivity contribution < 1.29 is 9.90 Å². The maximum atomic E-state index is 10.7. The van der Waals surface area contributed by atoms with Gasteiger partial charge in [0.15, 0.2) is 0 Å². The molecule has 0 amide bonds. The molecule has 0 atom stereocenters. The Labute approximate surface area is 94.3 Å². The molecular formula is C11H15N3O2. The van der Waals surface area contributed by atoms with E-state index in [1.807, 2.05) is 0 Å². The van der Waals surface area contributed by atoms with Crippen LogP contribution in [-0.4, -0.2) is 54.2 Å². The summed E-state index contributed by atoms with van der Waals surface area (Å²) in [6.07, 6.45) is 1.41. The zero-order valence-electron chi connectivity index (χ0n) is 9.26. The highest BCUT2D eigenvalue weighted by Gasteiger charge is 2.15. The molecule has 0 radical (unpaired) electrons. The van der Waals surface area contributed by atoms with Crippen molar-refractivity contribution >= 4 is 11.8 Å². The van der Waals surface area contributed by atoms with Crippen molar-refractivity contribution in [2.24, 2.45) is 0 Å². The number of aromatic nitrogens is 1. The van der Waals surface area contributed by atoms with Gasteiger partial charge in [0, 0.05) is 32.4 Å². The van der Waals surface area contributed by atoms with Gasteiger partial charge in [-0.2, -0.15) is 0 Å². The molecule has 16 heavy (non-hydrogen) atoms. The van der Waals surface area contributed by atoms with Gasteiger partial charge < -0.3 is 14.9 Å². The minimum absolute atomic E-state index is 0.234. The Kier molecular flexibility index (Phi) is 3.05. The monoisotopic (exact) mass is 221 g/mol. The Morgan fingerprint density at radius 1 is 1.31 bits per heavy atom. The summed E-state index contributed by atoms with van der Waals surface area (Å²) in [6.45, 7) is 3.91. The average molecular weight is 221 g/mol. The summed E-state index contributed by atoms with van der Waals surface area (Å²) in [7, 11) is 2.10. The van der Waals surface area contributed by atoms with Gasteiger partial charge >= 0.3 is 5.97 Å². The molecule has 0 saturated carbocycles. The Hall–Kier alpha value is -1.62. The maximum Gasteiger partial charge on any atom is 0.337 e. The molecule has 0 spiro atoms. The van der Waals surface area contributed by atoms with E-state index in [0.717, 1.165) is 32.0 Å². The van der Waals surface area contributed by atoms with Gasteiger partial charge in [0.1, 0.15) is 5.82 Å². The molecule has 86 valence electrons. The van der Waals surface area contributed by atoms with Crippen molar-refractivity contribution in [3.8, 4) is 0 Å². The number of rotatable bonds is 2. The van der Waals surface area contributed by atoms with Crippen molar-refractivity contribution in [3.63, 3.8) is 0 Å². The number of carboxylic acids is 1.